The third-order valence-electron chi connectivity index (χ3n) is 2.64. The van der Waals surface area contributed by atoms with Gasteiger partial charge in [-0.2, -0.15) is 5.10 Å². The van der Waals surface area contributed by atoms with E-state index in [1.807, 2.05) is 6.92 Å². The molecule has 0 aliphatic rings. The number of carboxylic acids is 1. The van der Waals surface area contributed by atoms with E-state index in [1.165, 1.54) is 6.92 Å². The van der Waals surface area contributed by atoms with Gasteiger partial charge in [0.2, 0.25) is 0 Å². The summed E-state index contributed by atoms with van der Waals surface area (Å²) in [5.74, 6) is -1.22. The van der Waals surface area contributed by atoms with Crippen LogP contribution in [-0.4, -0.2) is 31.6 Å². The molecule has 0 bridgehead atoms. The highest BCUT2D eigenvalue weighted by Crippen LogP contribution is 2.19. The van der Waals surface area contributed by atoms with Gasteiger partial charge in [0.15, 0.2) is 5.60 Å². The van der Waals surface area contributed by atoms with E-state index in [-0.39, 0.29) is 6.42 Å². The second-order valence-corrected chi connectivity index (χ2v) is 4.03. The number of carbonyl (C=O) groups is 1. The fourth-order valence-corrected chi connectivity index (χ4v) is 1.49. The number of aliphatic hydroxyl groups is 1. The van der Waals surface area contributed by atoms with Crippen molar-refractivity contribution in [3.63, 3.8) is 0 Å². The van der Waals surface area contributed by atoms with Crippen LogP contribution in [0.2, 0.25) is 0 Å². The summed E-state index contributed by atoms with van der Waals surface area (Å²) in [4.78, 5) is 10.8. The van der Waals surface area contributed by atoms with Gasteiger partial charge in [-0.25, -0.2) is 4.79 Å². The molecule has 0 spiro atoms. The molecular weight excluding hydrogens is 196 g/mol. The summed E-state index contributed by atoms with van der Waals surface area (Å²) in [6, 6.07) is 0. The summed E-state index contributed by atoms with van der Waals surface area (Å²) >= 11 is 0. The molecule has 1 atom stereocenters. The zero-order valence-corrected chi connectivity index (χ0v) is 9.40. The van der Waals surface area contributed by atoms with E-state index in [4.69, 9.17) is 5.11 Å². The lowest BCUT2D eigenvalue weighted by atomic mass is 9.95. The second-order valence-electron chi connectivity index (χ2n) is 4.03. The van der Waals surface area contributed by atoms with Gasteiger partial charge in [0.25, 0.3) is 0 Å². The molecule has 0 amide bonds. The van der Waals surface area contributed by atoms with Gasteiger partial charge in [-0.3, -0.25) is 4.68 Å². The maximum Gasteiger partial charge on any atom is 0.335 e. The van der Waals surface area contributed by atoms with Crippen LogP contribution >= 0.6 is 0 Å². The lowest BCUT2D eigenvalue weighted by Crippen LogP contribution is -2.37. The van der Waals surface area contributed by atoms with Crippen molar-refractivity contribution in [3.05, 3.63) is 17.0 Å². The molecule has 1 rings (SSSR count). The van der Waals surface area contributed by atoms with Gasteiger partial charge in [0.05, 0.1) is 5.69 Å². The van der Waals surface area contributed by atoms with Crippen LogP contribution in [0.5, 0.6) is 0 Å². The molecule has 0 saturated heterocycles. The van der Waals surface area contributed by atoms with Crippen molar-refractivity contribution in [2.45, 2.75) is 32.8 Å². The van der Waals surface area contributed by atoms with Crippen LogP contribution in [0.3, 0.4) is 0 Å². The summed E-state index contributed by atoms with van der Waals surface area (Å²) in [5, 5.41) is 22.6. The molecule has 5 heteroatoms. The molecule has 0 aliphatic carbocycles. The molecule has 84 valence electrons. The van der Waals surface area contributed by atoms with E-state index in [2.05, 4.69) is 5.10 Å². The molecule has 0 fully saturated rings. The number of hydrogen-bond donors (Lipinski definition) is 2. The summed E-state index contributed by atoms with van der Waals surface area (Å²) < 4.78 is 1.68. The molecule has 0 aliphatic heterocycles. The first-order chi connectivity index (χ1) is 6.75. The van der Waals surface area contributed by atoms with E-state index in [1.54, 1.807) is 18.7 Å². The van der Waals surface area contributed by atoms with E-state index >= 15 is 0 Å². The molecule has 1 aromatic heterocycles. The topological polar surface area (TPSA) is 75.3 Å². The van der Waals surface area contributed by atoms with Crippen molar-refractivity contribution < 1.29 is 15.0 Å². The highest BCUT2D eigenvalue weighted by Gasteiger charge is 2.32. The Balaban J connectivity index is 3.04. The van der Waals surface area contributed by atoms with Crippen LogP contribution in [0.15, 0.2) is 0 Å². The maximum absolute atomic E-state index is 10.8. The average molecular weight is 212 g/mol. The number of aryl methyl sites for hydroxylation is 2. The van der Waals surface area contributed by atoms with Gasteiger partial charge in [-0.15, -0.1) is 0 Å². The zero-order valence-electron chi connectivity index (χ0n) is 9.40. The number of hydrogen-bond acceptors (Lipinski definition) is 3. The van der Waals surface area contributed by atoms with Crippen molar-refractivity contribution in [1.82, 2.24) is 9.78 Å². The Kier molecular flexibility index (Phi) is 2.86. The molecule has 1 unspecified atom stereocenters. The lowest BCUT2D eigenvalue weighted by Gasteiger charge is -2.17. The van der Waals surface area contributed by atoms with E-state index in [0.717, 1.165) is 17.0 Å². The first-order valence-electron chi connectivity index (χ1n) is 4.70. The smallest absolute Gasteiger partial charge is 0.335 e. The molecule has 1 aromatic rings. The Morgan fingerprint density at radius 2 is 2.07 bits per heavy atom. The van der Waals surface area contributed by atoms with Crippen LogP contribution in [-0.2, 0) is 18.3 Å². The lowest BCUT2D eigenvalue weighted by molar-refractivity contribution is -0.156. The molecule has 0 radical (unpaired) electrons. The predicted molar refractivity (Wildman–Crippen MR) is 54.6 cm³/mol. The zero-order chi connectivity index (χ0) is 11.8. The molecule has 0 saturated carbocycles. The van der Waals surface area contributed by atoms with E-state index < -0.39 is 11.6 Å². The minimum absolute atomic E-state index is 0.0772. The number of nitrogens with zero attached hydrogens (tertiary/aromatic N) is 2. The fraction of sp³-hybridized carbons (Fsp3) is 0.600. The Labute approximate surface area is 88.3 Å². The number of aromatic nitrogens is 2. The quantitative estimate of drug-likeness (QED) is 0.761. The summed E-state index contributed by atoms with van der Waals surface area (Å²) in [7, 11) is 1.79. The standard InChI is InChI=1S/C10H16N2O3/c1-6-8(7(2)12(4)11-6)5-10(3,15)9(13)14/h15H,5H2,1-4H3,(H,13,14). The molecule has 15 heavy (non-hydrogen) atoms. The van der Waals surface area contributed by atoms with Crippen LogP contribution in [0.4, 0.5) is 0 Å². The summed E-state index contributed by atoms with van der Waals surface area (Å²) in [6.07, 6.45) is 0.0772. The van der Waals surface area contributed by atoms with Gasteiger partial charge in [-0.05, 0) is 26.3 Å². The van der Waals surface area contributed by atoms with Crippen molar-refractivity contribution in [2.24, 2.45) is 7.05 Å². The maximum atomic E-state index is 10.8. The highest BCUT2D eigenvalue weighted by molar-refractivity contribution is 5.77. The van der Waals surface area contributed by atoms with E-state index in [9.17, 15) is 9.90 Å². The minimum atomic E-state index is -1.74. The number of carboxylic acid groups (broad SMARTS) is 1. The predicted octanol–water partition coefficient (Wildman–Crippen LogP) is 0.415. The van der Waals surface area contributed by atoms with Crippen molar-refractivity contribution in [1.29, 1.82) is 0 Å². The minimum Gasteiger partial charge on any atom is -0.479 e. The van der Waals surface area contributed by atoms with Crippen LogP contribution in [0, 0.1) is 13.8 Å². The Hall–Kier alpha value is -1.36. The summed E-state index contributed by atoms with van der Waals surface area (Å²) in [6.45, 7) is 4.95. The first-order valence-corrected chi connectivity index (χ1v) is 4.70. The molecule has 2 N–H and O–H groups in total. The van der Waals surface area contributed by atoms with Gasteiger partial charge >= 0.3 is 5.97 Å². The Morgan fingerprint density at radius 1 is 1.53 bits per heavy atom. The average Bonchev–Trinajstić information content (AvgIpc) is 2.32. The third kappa shape index (κ3) is 2.18. The van der Waals surface area contributed by atoms with Crippen molar-refractivity contribution in [2.75, 3.05) is 0 Å². The van der Waals surface area contributed by atoms with Gasteiger partial charge in [-0.1, -0.05) is 0 Å². The number of aliphatic carboxylic acids is 1. The third-order valence-corrected chi connectivity index (χ3v) is 2.64. The fourth-order valence-electron chi connectivity index (χ4n) is 1.49. The number of rotatable bonds is 3. The highest BCUT2D eigenvalue weighted by atomic mass is 16.4. The van der Waals surface area contributed by atoms with Gasteiger partial charge in [0, 0.05) is 19.2 Å². The van der Waals surface area contributed by atoms with Gasteiger partial charge in [0.1, 0.15) is 0 Å². The Bertz CT molecular complexity index is 394. The second kappa shape index (κ2) is 3.66. The largest absolute Gasteiger partial charge is 0.479 e. The summed E-state index contributed by atoms with van der Waals surface area (Å²) in [5.41, 5.74) is 0.703. The van der Waals surface area contributed by atoms with Crippen LogP contribution < -0.4 is 0 Å². The van der Waals surface area contributed by atoms with Crippen LogP contribution in [0.25, 0.3) is 0 Å². The van der Waals surface area contributed by atoms with Gasteiger partial charge < -0.3 is 10.2 Å². The van der Waals surface area contributed by atoms with E-state index in [0.29, 0.717) is 0 Å². The SMILES string of the molecule is Cc1nn(C)c(C)c1CC(C)(O)C(=O)O. The molecule has 5 nitrogen and oxygen atoms in total. The molecular formula is C10H16N2O3. The van der Waals surface area contributed by atoms with Crippen LogP contribution in [0.1, 0.15) is 23.9 Å². The Morgan fingerprint density at radius 3 is 2.40 bits per heavy atom. The molecule has 1 heterocycles. The van der Waals surface area contributed by atoms with Crippen molar-refractivity contribution >= 4 is 5.97 Å². The normalized spacial score (nSPS) is 15.0. The first kappa shape index (κ1) is 11.7. The molecule has 0 aromatic carbocycles. The monoisotopic (exact) mass is 212 g/mol. The van der Waals surface area contributed by atoms with Crippen molar-refractivity contribution in [3.8, 4) is 0 Å².